The van der Waals surface area contributed by atoms with Crippen molar-refractivity contribution in [3.05, 3.63) is 188 Å². The Morgan fingerprint density at radius 2 is 0.776 bits per heavy atom. The van der Waals surface area contributed by atoms with Crippen molar-refractivity contribution in [1.82, 2.24) is 4.57 Å². The van der Waals surface area contributed by atoms with Crippen molar-refractivity contribution in [2.24, 2.45) is 0 Å². The second-order valence-corrected chi connectivity index (χ2v) is 12.9. The van der Waals surface area contributed by atoms with Gasteiger partial charge in [0.05, 0.1) is 11.0 Å². The first-order chi connectivity index (χ1) is 24.3. The second-order valence-electron chi connectivity index (χ2n) is 12.9. The summed E-state index contributed by atoms with van der Waals surface area (Å²) < 4.78 is 2.38. The Hall–Kier alpha value is -6.44. The maximum absolute atomic E-state index is 2.41. The standard InChI is InChI=1S/C48H31N/c1-2-15-36(16-3-1)49-45-24-11-10-18-39(45)44-31-35(29-30-46(44)49)48-42-21-8-6-19-40(42)47(41-20-7-9-22-43(41)48)34-27-25-33(26-28-34)38-23-12-14-32-13-4-5-17-37(32)38/h1-31H. The quantitative estimate of drug-likeness (QED) is 0.172. The third kappa shape index (κ3) is 4.33. The van der Waals surface area contributed by atoms with Gasteiger partial charge in [-0.15, -0.1) is 0 Å². The van der Waals surface area contributed by atoms with Crippen molar-refractivity contribution < 1.29 is 0 Å². The third-order valence-electron chi connectivity index (χ3n) is 10.2. The lowest BCUT2D eigenvalue weighted by molar-refractivity contribution is 1.18. The van der Waals surface area contributed by atoms with Crippen molar-refractivity contribution in [2.45, 2.75) is 0 Å². The first-order valence-corrected chi connectivity index (χ1v) is 16.9. The van der Waals surface area contributed by atoms with Gasteiger partial charge in [-0.05, 0) is 96.0 Å². The number of fused-ring (bicyclic) bond motifs is 6. The summed E-state index contributed by atoms with van der Waals surface area (Å²) in [4.78, 5) is 0. The van der Waals surface area contributed by atoms with Gasteiger partial charge in [0.1, 0.15) is 0 Å². The average molecular weight is 622 g/mol. The summed E-state index contributed by atoms with van der Waals surface area (Å²) in [5.74, 6) is 0. The van der Waals surface area contributed by atoms with E-state index < -0.39 is 0 Å². The molecule has 1 heteroatoms. The van der Waals surface area contributed by atoms with E-state index in [1.54, 1.807) is 0 Å². The van der Waals surface area contributed by atoms with Gasteiger partial charge in [-0.25, -0.2) is 0 Å². The molecule has 0 aliphatic rings. The minimum atomic E-state index is 1.17. The number of nitrogens with zero attached hydrogens (tertiary/aromatic N) is 1. The fraction of sp³-hybridized carbons (Fsp3) is 0. The molecule has 1 nitrogen and oxygen atoms in total. The number of aromatic nitrogens is 1. The average Bonchev–Trinajstić information content (AvgIpc) is 3.51. The first-order valence-electron chi connectivity index (χ1n) is 16.9. The molecule has 0 saturated heterocycles. The van der Waals surface area contributed by atoms with Crippen molar-refractivity contribution in [2.75, 3.05) is 0 Å². The van der Waals surface area contributed by atoms with E-state index in [2.05, 4.69) is 193 Å². The van der Waals surface area contributed by atoms with Gasteiger partial charge >= 0.3 is 0 Å². The Bertz CT molecular complexity index is 2790. The highest BCUT2D eigenvalue weighted by Crippen LogP contribution is 2.45. The van der Waals surface area contributed by atoms with E-state index in [-0.39, 0.29) is 0 Å². The predicted octanol–water partition coefficient (Wildman–Crippen LogP) is 13.2. The van der Waals surface area contributed by atoms with Crippen LogP contribution in [0.15, 0.2) is 188 Å². The van der Waals surface area contributed by atoms with Crippen LogP contribution in [0.5, 0.6) is 0 Å². The van der Waals surface area contributed by atoms with Gasteiger partial charge in [0.15, 0.2) is 0 Å². The lowest BCUT2D eigenvalue weighted by atomic mass is 9.85. The van der Waals surface area contributed by atoms with Crippen LogP contribution in [0.1, 0.15) is 0 Å². The van der Waals surface area contributed by atoms with E-state index in [1.165, 1.54) is 93.2 Å². The zero-order chi connectivity index (χ0) is 32.3. The topological polar surface area (TPSA) is 4.93 Å². The minimum Gasteiger partial charge on any atom is -0.309 e. The second kappa shape index (κ2) is 11.1. The van der Waals surface area contributed by atoms with Crippen LogP contribution >= 0.6 is 0 Å². The van der Waals surface area contributed by atoms with Crippen molar-refractivity contribution in [1.29, 1.82) is 0 Å². The van der Waals surface area contributed by atoms with Crippen LogP contribution in [-0.4, -0.2) is 4.57 Å². The molecule has 228 valence electrons. The highest BCUT2D eigenvalue weighted by atomic mass is 15.0. The smallest absolute Gasteiger partial charge is 0.0541 e. The zero-order valence-electron chi connectivity index (χ0n) is 26.8. The first kappa shape index (κ1) is 27.7. The van der Waals surface area contributed by atoms with E-state index in [4.69, 9.17) is 0 Å². The molecule has 0 unspecified atom stereocenters. The Kier molecular flexibility index (Phi) is 6.25. The molecule has 10 aromatic rings. The molecule has 0 atom stereocenters. The fourth-order valence-electron chi connectivity index (χ4n) is 8.03. The van der Waals surface area contributed by atoms with Crippen LogP contribution in [0.3, 0.4) is 0 Å². The van der Waals surface area contributed by atoms with Gasteiger partial charge < -0.3 is 4.57 Å². The number of para-hydroxylation sites is 2. The van der Waals surface area contributed by atoms with Crippen LogP contribution < -0.4 is 0 Å². The van der Waals surface area contributed by atoms with Crippen molar-refractivity contribution in [3.8, 4) is 39.1 Å². The normalized spacial score (nSPS) is 11.7. The molecule has 0 amide bonds. The summed E-state index contributed by atoms with van der Waals surface area (Å²) in [5.41, 5.74) is 11.1. The van der Waals surface area contributed by atoms with Gasteiger partial charge in [-0.3, -0.25) is 0 Å². The van der Waals surface area contributed by atoms with Crippen molar-refractivity contribution in [3.63, 3.8) is 0 Å². The van der Waals surface area contributed by atoms with Gasteiger partial charge in [0.25, 0.3) is 0 Å². The summed E-state index contributed by atoms with van der Waals surface area (Å²) in [5, 5.41) is 10.1. The van der Waals surface area contributed by atoms with Gasteiger partial charge in [0, 0.05) is 16.5 Å². The summed E-state index contributed by atoms with van der Waals surface area (Å²) in [6.45, 7) is 0. The highest BCUT2D eigenvalue weighted by molar-refractivity contribution is 6.22. The molecular formula is C48H31N. The van der Waals surface area contributed by atoms with Crippen LogP contribution in [0.25, 0.3) is 93.2 Å². The Labute approximate surface area is 284 Å². The lowest BCUT2D eigenvalue weighted by Crippen LogP contribution is -1.93. The number of hydrogen-bond donors (Lipinski definition) is 0. The number of benzene rings is 9. The predicted molar refractivity (Wildman–Crippen MR) is 210 cm³/mol. The van der Waals surface area contributed by atoms with Crippen molar-refractivity contribution >= 4 is 54.1 Å². The molecule has 1 aromatic heterocycles. The molecule has 9 aromatic carbocycles. The van der Waals surface area contributed by atoms with Crippen LogP contribution in [0.4, 0.5) is 0 Å². The summed E-state index contributed by atoms with van der Waals surface area (Å²) >= 11 is 0. The van der Waals surface area contributed by atoms with Gasteiger partial charge in [0.2, 0.25) is 0 Å². The third-order valence-corrected chi connectivity index (χ3v) is 10.2. The molecule has 0 aliphatic heterocycles. The SMILES string of the molecule is c1ccc(-n2c3ccccc3c3cc(-c4c5ccccc5c(-c5ccc(-c6cccc7ccccc67)cc5)c5ccccc45)ccc32)cc1. The Morgan fingerprint density at radius 1 is 0.286 bits per heavy atom. The van der Waals surface area contributed by atoms with Gasteiger partial charge in [-0.1, -0.05) is 158 Å². The Morgan fingerprint density at radius 3 is 1.47 bits per heavy atom. The van der Waals surface area contributed by atoms with E-state index in [0.29, 0.717) is 0 Å². The molecule has 0 radical (unpaired) electrons. The van der Waals surface area contributed by atoms with Crippen LogP contribution in [-0.2, 0) is 0 Å². The van der Waals surface area contributed by atoms with E-state index in [0.717, 1.165) is 0 Å². The molecule has 0 bridgehead atoms. The monoisotopic (exact) mass is 621 g/mol. The van der Waals surface area contributed by atoms with Gasteiger partial charge in [-0.2, -0.15) is 0 Å². The summed E-state index contributed by atoms with van der Waals surface area (Å²) in [6.07, 6.45) is 0. The van der Waals surface area contributed by atoms with Crippen LogP contribution in [0, 0.1) is 0 Å². The molecule has 0 N–H and O–H groups in total. The fourth-order valence-corrected chi connectivity index (χ4v) is 8.03. The summed E-state index contributed by atoms with van der Waals surface area (Å²) in [6, 6.07) is 68.7. The maximum Gasteiger partial charge on any atom is 0.0541 e. The zero-order valence-corrected chi connectivity index (χ0v) is 26.8. The van der Waals surface area contributed by atoms with E-state index >= 15 is 0 Å². The highest BCUT2D eigenvalue weighted by Gasteiger charge is 2.19. The molecule has 0 aliphatic carbocycles. The van der Waals surface area contributed by atoms with E-state index in [9.17, 15) is 0 Å². The van der Waals surface area contributed by atoms with Crippen LogP contribution in [0.2, 0.25) is 0 Å². The maximum atomic E-state index is 2.41. The minimum absolute atomic E-state index is 1.17. The molecular weight excluding hydrogens is 591 g/mol. The number of hydrogen-bond acceptors (Lipinski definition) is 0. The molecule has 0 spiro atoms. The molecule has 0 fully saturated rings. The lowest BCUT2D eigenvalue weighted by Gasteiger charge is -2.18. The van der Waals surface area contributed by atoms with E-state index in [1.807, 2.05) is 0 Å². The molecule has 49 heavy (non-hydrogen) atoms. The number of rotatable bonds is 4. The molecule has 1 heterocycles. The summed E-state index contributed by atoms with van der Waals surface area (Å²) in [7, 11) is 0. The molecule has 0 saturated carbocycles. The Balaban J connectivity index is 1.19. The largest absolute Gasteiger partial charge is 0.309 e. The molecule has 10 rings (SSSR count).